The third-order valence-corrected chi connectivity index (χ3v) is 4.94. The van der Waals surface area contributed by atoms with E-state index in [1.165, 1.54) is 11.8 Å². The van der Waals surface area contributed by atoms with Crippen LogP contribution in [0, 0.1) is 11.3 Å². The van der Waals surface area contributed by atoms with Crippen LogP contribution in [0.25, 0.3) is 0 Å². The van der Waals surface area contributed by atoms with Crippen molar-refractivity contribution < 1.29 is 4.74 Å². The highest BCUT2D eigenvalue weighted by atomic mass is 32.2. The molecular formula is C15H21N5OS. The number of ether oxygens (including phenoxy) is 1. The van der Waals surface area contributed by atoms with Gasteiger partial charge in [-0.15, -0.1) is 0 Å². The van der Waals surface area contributed by atoms with Gasteiger partial charge in [0, 0.05) is 32.2 Å². The van der Waals surface area contributed by atoms with Gasteiger partial charge in [-0.2, -0.15) is 5.26 Å². The minimum atomic E-state index is 0.572. The molecule has 6 nitrogen and oxygen atoms in total. The number of hydrogen-bond donors (Lipinski definition) is 0. The zero-order chi connectivity index (χ0) is 15.4. The SMILES string of the molecule is CSc1ncc(C#N)c(N2CCC(N3CCOCC3)CC2)n1. The van der Waals surface area contributed by atoms with Crippen LogP contribution in [0.2, 0.25) is 0 Å². The first-order valence-corrected chi connectivity index (χ1v) is 8.92. The van der Waals surface area contributed by atoms with Gasteiger partial charge in [0.15, 0.2) is 11.0 Å². The summed E-state index contributed by atoms with van der Waals surface area (Å²) < 4.78 is 5.43. The van der Waals surface area contributed by atoms with Gasteiger partial charge in [0.1, 0.15) is 11.6 Å². The molecule has 0 bridgehead atoms. The molecule has 0 unspecified atom stereocenters. The van der Waals surface area contributed by atoms with Crippen LogP contribution in [0.1, 0.15) is 18.4 Å². The Morgan fingerprint density at radius 2 is 2.00 bits per heavy atom. The lowest BCUT2D eigenvalue weighted by Crippen LogP contribution is -2.49. The van der Waals surface area contributed by atoms with E-state index in [9.17, 15) is 5.26 Å². The molecule has 2 saturated heterocycles. The summed E-state index contributed by atoms with van der Waals surface area (Å²) in [6.07, 6.45) is 5.82. The standard InChI is InChI=1S/C15H21N5OS/c1-22-15-17-11-12(10-16)14(18-15)20-4-2-13(3-5-20)19-6-8-21-9-7-19/h11,13H,2-9H2,1H3. The fraction of sp³-hybridized carbons (Fsp3) is 0.667. The Labute approximate surface area is 135 Å². The molecule has 0 spiro atoms. The maximum Gasteiger partial charge on any atom is 0.189 e. The molecule has 0 aliphatic carbocycles. The lowest BCUT2D eigenvalue weighted by atomic mass is 10.0. The van der Waals surface area contributed by atoms with E-state index >= 15 is 0 Å². The molecule has 118 valence electrons. The monoisotopic (exact) mass is 319 g/mol. The topological polar surface area (TPSA) is 65.3 Å². The number of anilines is 1. The first-order chi connectivity index (χ1) is 10.8. The van der Waals surface area contributed by atoms with Gasteiger partial charge in [-0.25, -0.2) is 9.97 Å². The predicted octanol–water partition coefficient (Wildman–Crippen LogP) is 1.37. The van der Waals surface area contributed by atoms with Crippen LogP contribution < -0.4 is 4.90 Å². The molecule has 3 rings (SSSR count). The van der Waals surface area contributed by atoms with Crippen molar-refractivity contribution >= 4 is 17.6 Å². The minimum Gasteiger partial charge on any atom is -0.379 e. The molecule has 0 N–H and O–H groups in total. The van der Waals surface area contributed by atoms with Crippen LogP contribution in [0.5, 0.6) is 0 Å². The molecule has 2 aliphatic heterocycles. The number of thioether (sulfide) groups is 1. The summed E-state index contributed by atoms with van der Waals surface area (Å²) in [4.78, 5) is 13.5. The van der Waals surface area contributed by atoms with Gasteiger partial charge in [-0.3, -0.25) is 4.90 Å². The number of piperidine rings is 1. The number of nitriles is 1. The Bertz CT molecular complexity index is 547. The number of nitrogens with zero attached hydrogens (tertiary/aromatic N) is 5. The summed E-state index contributed by atoms with van der Waals surface area (Å²) in [6.45, 7) is 5.67. The van der Waals surface area contributed by atoms with E-state index in [4.69, 9.17) is 4.74 Å². The van der Waals surface area contributed by atoms with Crippen LogP contribution in [-0.2, 0) is 4.74 Å². The Morgan fingerprint density at radius 1 is 1.27 bits per heavy atom. The van der Waals surface area contributed by atoms with Gasteiger partial charge in [0.2, 0.25) is 0 Å². The maximum atomic E-state index is 9.28. The Kier molecular flexibility index (Phi) is 5.13. The molecule has 2 aliphatic rings. The molecule has 1 aromatic rings. The summed E-state index contributed by atoms with van der Waals surface area (Å²) in [5.74, 6) is 0.794. The van der Waals surface area contributed by atoms with Crippen molar-refractivity contribution in [1.82, 2.24) is 14.9 Å². The Morgan fingerprint density at radius 3 is 2.64 bits per heavy atom. The van der Waals surface area contributed by atoms with E-state index in [0.29, 0.717) is 11.6 Å². The Balaban J connectivity index is 1.67. The molecule has 0 radical (unpaired) electrons. The van der Waals surface area contributed by atoms with Crippen molar-refractivity contribution in [3.8, 4) is 6.07 Å². The summed E-state index contributed by atoms with van der Waals surface area (Å²) in [5.41, 5.74) is 0.572. The van der Waals surface area contributed by atoms with Gasteiger partial charge < -0.3 is 9.64 Å². The molecule has 22 heavy (non-hydrogen) atoms. The largest absolute Gasteiger partial charge is 0.379 e. The highest BCUT2D eigenvalue weighted by Gasteiger charge is 2.27. The summed E-state index contributed by atoms with van der Waals surface area (Å²) in [7, 11) is 0. The van der Waals surface area contributed by atoms with Gasteiger partial charge in [-0.1, -0.05) is 11.8 Å². The summed E-state index contributed by atoms with van der Waals surface area (Å²) >= 11 is 1.51. The van der Waals surface area contributed by atoms with E-state index < -0.39 is 0 Å². The fourth-order valence-corrected chi connectivity index (χ4v) is 3.50. The number of morpholine rings is 1. The second kappa shape index (κ2) is 7.27. The number of aromatic nitrogens is 2. The van der Waals surface area contributed by atoms with E-state index in [2.05, 4.69) is 25.8 Å². The lowest BCUT2D eigenvalue weighted by molar-refractivity contribution is 0.0114. The quantitative estimate of drug-likeness (QED) is 0.616. The van der Waals surface area contributed by atoms with E-state index in [0.717, 1.165) is 63.2 Å². The zero-order valence-electron chi connectivity index (χ0n) is 12.9. The third-order valence-electron chi connectivity index (χ3n) is 4.38. The van der Waals surface area contributed by atoms with Crippen molar-refractivity contribution in [1.29, 1.82) is 5.26 Å². The first-order valence-electron chi connectivity index (χ1n) is 7.69. The highest BCUT2D eigenvalue weighted by Crippen LogP contribution is 2.25. The van der Waals surface area contributed by atoms with Crippen LogP contribution >= 0.6 is 11.8 Å². The molecule has 0 saturated carbocycles. The molecule has 0 amide bonds. The molecule has 3 heterocycles. The zero-order valence-corrected chi connectivity index (χ0v) is 13.7. The van der Waals surface area contributed by atoms with E-state index in [-0.39, 0.29) is 0 Å². The highest BCUT2D eigenvalue weighted by molar-refractivity contribution is 7.98. The third kappa shape index (κ3) is 3.35. The van der Waals surface area contributed by atoms with Gasteiger partial charge >= 0.3 is 0 Å². The minimum absolute atomic E-state index is 0.572. The van der Waals surface area contributed by atoms with Crippen molar-refractivity contribution in [2.24, 2.45) is 0 Å². The van der Waals surface area contributed by atoms with Gasteiger partial charge in [-0.05, 0) is 19.1 Å². The van der Waals surface area contributed by atoms with Crippen LogP contribution in [0.4, 0.5) is 5.82 Å². The number of hydrogen-bond acceptors (Lipinski definition) is 7. The smallest absolute Gasteiger partial charge is 0.189 e. The van der Waals surface area contributed by atoms with Crippen molar-refractivity contribution in [2.75, 3.05) is 50.5 Å². The molecule has 2 fully saturated rings. The van der Waals surface area contributed by atoms with Crippen LogP contribution in [0.15, 0.2) is 11.4 Å². The first kappa shape index (κ1) is 15.5. The predicted molar refractivity (Wildman–Crippen MR) is 86.2 cm³/mol. The normalized spacial score (nSPS) is 20.8. The van der Waals surface area contributed by atoms with Gasteiger partial charge in [0.05, 0.1) is 19.4 Å². The number of rotatable bonds is 3. The molecule has 7 heteroatoms. The molecule has 1 aromatic heterocycles. The average molecular weight is 319 g/mol. The van der Waals surface area contributed by atoms with Crippen LogP contribution in [0.3, 0.4) is 0 Å². The lowest BCUT2D eigenvalue weighted by Gasteiger charge is -2.40. The summed E-state index contributed by atoms with van der Waals surface area (Å²) in [6, 6.07) is 2.85. The summed E-state index contributed by atoms with van der Waals surface area (Å²) in [5, 5.41) is 10.0. The van der Waals surface area contributed by atoms with Crippen LogP contribution in [-0.4, -0.2) is 66.6 Å². The molecular weight excluding hydrogens is 298 g/mol. The maximum absolute atomic E-state index is 9.28. The van der Waals surface area contributed by atoms with Crippen molar-refractivity contribution in [3.05, 3.63) is 11.8 Å². The Hall–Kier alpha value is -1.36. The van der Waals surface area contributed by atoms with Crippen molar-refractivity contribution in [2.45, 2.75) is 24.0 Å². The molecule has 0 atom stereocenters. The fourth-order valence-electron chi connectivity index (χ4n) is 3.16. The average Bonchev–Trinajstić information content (AvgIpc) is 2.62. The second-order valence-corrected chi connectivity index (χ2v) is 6.35. The van der Waals surface area contributed by atoms with E-state index in [1.807, 2.05) is 6.26 Å². The van der Waals surface area contributed by atoms with E-state index in [1.54, 1.807) is 6.20 Å². The second-order valence-electron chi connectivity index (χ2n) is 5.57. The molecule has 0 aromatic carbocycles. The van der Waals surface area contributed by atoms with Gasteiger partial charge in [0.25, 0.3) is 0 Å². The van der Waals surface area contributed by atoms with Crippen molar-refractivity contribution in [3.63, 3.8) is 0 Å².